The highest BCUT2D eigenvalue weighted by Crippen LogP contribution is 2.19. The zero-order chi connectivity index (χ0) is 10.4. The first-order valence-corrected chi connectivity index (χ1v) is 5.25. The van der Waals surface area contributed by atoms with E-state index in [1.165, 1.54) is 7.11 Å². The maximum Gasteiger partial charge on any atom is 0.508 e. The molecule has 1 aromatic rings. The molecule has 1 unspecified atom stereocenters. The summed E-state index contributed by atoms with van der Waals surface area (Å²) in [6.45, 7) is 0. The molecular weight excluding hydrogens is 248 g/mol. The fourth-order valence-corrected chi connectivity index (χ4v) is 1.53. The number of carbonyl (C=O) groups is 1. The normalized spacial score (nSPS) is 11.9. The summed E-state index contributed by atoms with van der Waals surface area (Å²) in [5, 5.41) is 0.548. The smallest absolute Gasteiger partial charge is 0.438 e. The second kappa shape index (κ2) is 5.65. The van der Waals surface area contributed by atoms with Crippen LogP contribution in [0, 0.1) is 0 Å². The lowest BCUT2D eigenvalue weighted by Gasteiger charge is -2.14. The van der Waals surface area contributed by atoms with E-state index in [0.717, 1.165) is 5.56 Å². The average molecular weight is 259 g/mol. The fraction of sp³-hybridized carbons (Fsp3) is 0.300. The minimum Gasteiger partial charge on any atom is -0.438 e. The van der Waals surface area contributed by atoms with Crippen LogP contribution in [0.3, 0.4) is 0 Å². The maximum absolute atomic E-state index is 10.9. The third kappa shape index (κ3) is 3.03. The van der Waals surface area contributed by atoms with E-state index >= 15 is 0 Å². The van der Waals surface area contributed by atoms with Gasteiger partial charge in [0.25, 0.3) is 0 Å². The number of alkyl halides is 1. The largest absolute Gasteiger partial charge is 0.508 e. The second-order valence-electron chi connectivity index (χ2n) is 2.63. The number of ether oxygens (including phenoxy) is 2. The first kappa shape index (κ1) is 11.0. The van der Waals surface area contributed by atoms with Gasteiger partial charge >= 0.3 is 6.16 Å². The zero-order valence-corrected chi connectivity index (χ0v) is 9.36. The Balaban J connectivity index is 2.68. The fourth-order valence-electron chi connectivity index (χ4n) is 1.02. The van der Waals surface area contributed by atoms with Crippen molar-refractivity contribution in [2.75, 3.05) is 12.4 Å². The standard InChI is InChI=1S/C10H11BrO3/c1-13-10(12)14-9(7-11)8-5-3-2-4-6-8/h2-6,9H,7H2,1H3. The number of benzene rings is 1. The second-order valence-corrected chi connectivity index (χ2v) is 3.27. The van der Waals surface area contributed by atoms with Gasteiger partial charge in [-0.15, -0.1) is 0 Å². The van der Waals surface area contributed by atoms with Gasteiger partial charge < -0.3 is 9.47 Å². The number of methoxy groups -OCH3 is 1. The number of carbonyl (C=O) groups excluding carboxylic acids is 1. The molecule has 0 aliphatic rings. The summed E-state index contributed by atoms with van der Waals surface area (Å²) in [6.07, 6.45) is -0.970. The molecule has 0 N–H and O–H groups in total. The van der Waals surface area contributed by atoms with E-state index in [9.17, 15) is 4.79 Å². The van der Waals surface area contributed by atoms with Crippen molar-refractivity contribution in [2.24, 2.45) is 0 Å². The molecule has 0 bridgehead atoms. The molecule has 14 heavy (non-hydrogen) atoms. The van der Waals surface area contributed by atoms with Crippen LogP contribution in [0.2, 0.25) is 0 Å². The zero-order valence-electron chi connectivity index (χ0n) is 7.77. The highest BCUT2D eigenvalue weighted by atomic mass is 79.9. The molecule has 0 spiro atoms. The van der Waals surface area contributed by atoms with Gasteiger partial charge in [-0.3, -0.25) is 0 Å². The Morgan fingerprint density at radius 1 is 1.43 bits per heavy atom. The molecule has 0 saturated carbocycles. The summed E-state index contributed by atoms with van der Waals surface area (Å²) in [6, 6.07) is 9.49. The van der Waals surface area contributed by atoms with Crippen molar-refractivity contribution in [1.82, 2.24) is 0 Å². The highest BCUT2D eigenvalue weighted by Gasteiger charge is 2.14. The molecule has 0 aliphatic heterocycles. The summed E-state index contributed by atoms with van der Waals surface area (Å²) < 4.78 is 9.45. The van der Waals surface area contributed by atoms with Gasteiger partial charge in [0.1, 0.15) is 6.10 Å². The van der Waals surface area contributed by atoms with Gasteiger partial charge in [-0.25, -0.2) is 4.79 Å². The van der Waals surface area contributed by atoms with Crippen LogP contribution in [-0.2, 0) is 9.47 Å². The Kier molecular flexibility index (Phi) is 4.46. The van der Waals surface area contributed by atoms with E-state index in [1.807, 2.05) is 30.3 Å². The van der Waals surface area contributed by atoms with Gasteiger partial charge in [0.05, 0.1) is 7.11 Å². The van der Waals surface area contributed by atoms with Crippen LogP contribution in [0.15, 0.2) is 30.3 Å². The average Bonchev–Trinajstić information content (AvgIpc) is 2.26. The van der Waals surface area contributed by atoms with Crippen LogP contribution in [0.25, 0.3) is 0 Å². The van der Waals surface area contributed by atoms with E-state index in [1.54, 1.807) is 0 Å². The number of hydrogen-bond acceptors (Lipinski definition) is 3. The molecule has 0 aromatic heterocycles. The molecule has 0 amide bonds. The van der Waals surface area contributed by atoms with Crippen LogP contribution in [-0.4, -0.2) is 18.6 Å². The van der Waals surface area contributed by atoms with Crippen molar-refractivity contribution in [2.45, 2.75) is 6.10 Å². The van der Waals surface area contributed by atoms with Crippen molar-refractivity contribution in [3.05, 3.63) is 35.9 Å². The van der Waals surface area contributed by atoms with Gasteiger partial charge in [-0.1, -0.05) is 46.3 Å². The van der Waals surface area contributed by atoms with Gasteiger partial charge in [0.15, 0.2) is 0 Å². The Morgan fingerprint density at radius 2 is 2.07 bits per heavy atom. The van der Waals surface area contributed by atoms with E-state index in [-0.39, 0.29) is 6.10 Å². The Bertz CT molecular complexity index is 287. The Hall–Kier alpha value is -1.03. The third-order valence-corrected chi connectivity index (χ3v) is 2.30. The van der Waals surface area contributed by atoms with Crippen molar-refractivity contribution in [3.8, 4) is 0 Å². The number of rotatable bonds is 3. The van der Waals surface area contributed by atoms with Crippen molar-refractivity contribution >= 4 is 22.1 Å². The van der Waals surface area contributed by atoms with E-state index in [4.69, 9.17) is 4.74 Å². The third-order valence-electron chi connectivity index (χ3n) is 1.72. The predicted octanol–water partition coefficient (Wildman–Crippen LogP) is 2.91. The molecule has 1 aromatic carbocycles. The Morgan fingerprint density at radius 3 is 2.57 bits per heavy atom. The minimum atomic E-state index is -0.668. The molecule has 76 valence electrons. The predicted molar refractivity (Wildman–Crippen MR) is 56.5 cm³/mol. The first-order chi connectivity index (χ1) is 6.77. The molecule has 1 rings (SSSR count). The molecule has 0 aliphatic carbocycles. The van der Waals surface area contributed by atoms with Crippen molar-refractivity contribution in [1.29, 1.82) is 0 Å². The molecule has 0 fully saturated rings. The van der Waals surface area contributed by atoms with E-state index in [2.05, 4.69) is 20.7 Å². The van der Waals surface area contributed by atoms with Gasteiger partial charge in [0.2, 0.25) is 0 Å². The Labute approximate surface area is 91.1 Å². The molecule has 0 radical (unpaired) electrons. The first-order valence-electron chi connectivity index (χ1n) is 4.13. The van der Waals surface area contributed by atoms with Gasteiger partial charge in [-0.2, -0.15) is 0 Å². The minimum absolute atomic E-state index is 0.302. The maximum atomic E-state index is 10.9. The molecule has 3 nitrogen and oxygen atoms in total. The molecule has 4 heteroatoms. The van der Waals surface area contributed by atoms with Crippen LogP contribution < -0.4 is 0 Å². The van der Waals surface area contributed by atoms with Gasteiger partial charge in [0, 0.05) is 5.33 Å². The summed E-state index contributed by atoms with van der Waals surface area (Å²) in [5.74, 6) is 0. The molecule has 1 atom stereocenters. The number of halogens is 1. The van der Waals surface area contributed by atoms with E-state index < -0.39 is 6.16 Å². The van der Waals surface area contributed by atoms with Crippen LogP contribution in [0.4, 0.5) is 4.79 Å². The summed E-state index contributed by atoms with van der Waals surface area (Å²) in [7, 11) is 1.29. The molecule has 0 saturated heterocycles. The quantitative estimate of drug-likeness (QED) is 0.618. The van der Waals surface area contributed by atoms with Gasteiger partial charge in [-0.05, 0) is 5.56 Å². The molecule has 0 heterocycles. The van der Waals surface area contributed by atoms with Crippen LogP contribution in [0.5, 0.6) is 0 Å². The molecular formula is C10H11BrO3. The van der Waals surface area contributed by atoms with Crippen molar-refractivity contribution < 1.29 is 14.3 Å². The van der Waals surface area contributed by atoms with Crippen LogP contribution >= 0.6 is 15.9 Å². The summed E-state index contributed by atoms with van der Waals surface area (Å²) in [5.41, 5.74) is 0.940. The topological polar surface area (TPSA) is 35.5 Å². The summed E-state index contributed by atoms with van der Waals surface area (Å²) >= 11 is 3.28. The van der Waals surface area contributed by atoms with E-state index in [0.29, 0.717) is 5.33 Å². The lowest BCUT2D eigenvalue weighted by molar-refractivity contribution is 0.0449. The SMILES string of the molecule is COC(=O)OC(CBr)c1ccccc1. The monoisotopic (exact) mass is 258 g/mol. The highest BCUT2D eigenvalue weighted by molar-refractivity contribution is 9.09. The lowest BCUT2D eigenvalue weighted by Crippen LogP contribution is -2.12. The van der Waals surface area contributed by atoms with Crippen LogP contribution in [0.1, 0.15) is 11.7 Å². The number of hydrogen-bond donors (Lipinski definition) is 0. The lowest BCUT2D eigenvalue weighted by atomic mass is 10.1. The summed E-state index contributed by atoms with van der Waals surface area (Å²) in [4.78, 5) is 10.9. The van der Waals surface area contributed by atoms with Crippen molar-refractivity contribution in [3.63, 3.8) is 0 Å².